The Balaban J connectivity index is 1.43. The van der Waals surface area contributed by atoms with Crippen molar-refractivity contribution in [3.8, 4) is 9.88 Å². The second-order valence-corrected chi connectivity index (χ2v) is 10.1. The van der Waals surface area contributed by atoms with Crippen LogP contribution in [0.4, 0.5) is 10.5 Å². The average molecular weight is 513 g/mol. The largest absolute Gasteiger partial charge is 0.337 e. The van der Waals surface area contributed by atoms with Gasteiger partial charge in [0.25, 0.3) is 11.3 Å². The van der Waals surface area contributed by atoms with E-state index in [4.69, 9.17) is 9.54 Å². The molecule has 4 rings (SSSR count). The summed E-state index contributed by atoms with van der Waals surface area (Å²) in [4.78, 5) is 18.4. The van der Waals surface area contributed by atoms with Gasteiger partial charge in [-0.1, -0.05) is 48.5 Å². The Hall–Kier alpha value is -3.05. The smallest absolute Gasteiger partial charge is 0.315 e. The molecule has 4 aromatic rings. The first-order valence-corrected chi connectivity index (χ1v) is 13.4. The van der Waals surface area contributed by atoms with E-state index in [9.17, 15) is 9.00 Å². The van der Waals surface area contributed by atoms with Crippen molar-refractivity contribution in [3.05, 3.63) is 94.3 Å². The highest BCUT2D eigenvalue weighted by molar-refractivity contribution is 7.80. The molecule has 1 unspecified atom stereocenters. The van der Waals surface area contributed by atoms with Gasteiger partial charge in [0.1, 0.15) is 5.01 Å². The lowest BCUT2D eigenvalue weighted by molar-refractivity contribution is 0.239. The molecule has 0 spiro atoms. The zero-order valence-electron chi connectivity index (χ0n) is 18.1. The van der Waals surface area contributed by atoms with Crippen LogP contribution in [0.15, 0.2) is 77.5 Å². The molecule has 0 aliphatic heterocycles. The number of benzene rings is 2. The number of nitrogens with one attached hydrogen (secondary N) is 3. The SMILES string of the molecule is O=C(NCc1ccccc1)NC[C@@H](Cc1ccc(NS(=O)O)cc1)c1csc(-c2cccs2)n1. The molecule has 0 aliphatic rings. The normalized spacial score (nSPS) is 12.6. The highest BCUT2D eigenvalue weighted by Crippen LogP contribution is 2.31. The van der Waals surface area contributed by atoms with Gasteiger partial charge in [-0.25, -0.2) is 14.0 Å². The van der Waals surface area contributed by atoms with Crippen LogP contribution in [0.3, 0.4) is 0 Å². The van der Waals surface area contributed by atoms with Crippen LogP contribution in [0.5, 0.6) is 0 Å². The second kappa shape index (κ2) is 11.9. The van der Waals surface area contributed by atoms with E-state index in [1.54, 1.807) is 34.8 Å². The van der Waals surface area contributed by atoms with E-state index >= 15 is 0 Å². The number of anilines is 1. The van der Waals surface area contributed by atoms with Gasteiger partial charge in [-0.2, -0.15) is 0 Å². The van der Waals surface area contributed by atoms with Crippen LogP contribution in [-0.4, -0.2) is 26.3 Å². The van der Waals surface area contributed by atoms with Crippen molar-refractivity contribution in [1.82, 2.24) is 15.6 Å². The molecule has 0 aliphatic carbocycles. The Labute approximate surface area is 208 Å². The zero-order chi connectivity index (χ0) is 23.8. The molecule has 34 heavy (non-hydrogen) atoms. The molecule has 0 fully saturated rings. The number of amides is 2. The van der Waals surface area contributed by atoms with Gasteiger partial charge in [0.15, 0.2) is 0 Å². The Morgan fingerprint density at radius 2 is 1.76 bits per heavy atom. The number of rotatable bonds is 10. The zero-order valence-corrected chi connectivity index (χ0v) is 20.6. The van der Waals surface area contributed by atoms with Gasteiger partial charge in [-0.3, -0.25) is 9.27 Å². The van der Waals surface area contributed by atoms with Crippen molar-refractivity contribution in [2.75, 3.05) is 11.3 Å². The monoisotopic (exact) mass is 512 g/mol. The van der Waals surface area contributed by atoms with Crippen LogP contribution in [0.1, 0.15) is 22.7 Å². The molecule has 4 N–H and O–H groups in total. The first-order chi connectivity index (χ1) is 16.6. The third-order valence-corrected chi connectivity index (χ3v) is 7.43. The second-order valence-electron chi connectivity index (χ2n) is 7.55. The van der Waals surface area contributed by atoms with Crippen LogP contribution in [0.2, 0.25) is 0 Å². The van der Waals surface area contributed by atoms with E-state index < -0.39 is 11.3 Å². The number of aromatic nitrogens is 1. The Morgan fingerprint density at radius 3 is 2.47 bits per heavy atom. The van der Waals surface area contributed by atoms with Gasteiger partial charge in [-0.15, -0.1) is 22.7 Å². The van der Waals surface area contributed by atoms with Crippen molar-refractivity contribution >= 4 is 45.7 Å². The van der Waals surface area contributed by atoms with Crippen molar-refractivity contribution < 1.29 is 13.6 Å². The number of hydrogen-bond donors (Lipinski definition) is 4. The number of hydrogen-bond acceptors (Lipinski definition) is 5. The minimum absolute atomic E-state index is 0.0294. The fourth-order valence-electron chi connectivity index (χ4n) is 3.42. The van der Waals surface area contributed by atoms with E-state index in [1.807, 2.05) is 65.4 Å². The molecule has 2 atom stereocenters. The molecule has 2 heterocycles. The standard InChI is InChI=1S/C24H24N4O3S3/c29-24(25-14-18-5-2-1-3-6-18)26-15-19(13-17-8-10-20(11-9-17)28-34(30)31)21-16-33-23(27-21)22-7-4-12-32-22/h1-12,16,19,28H,13-15H2,(H,30,31)(H2,25,26,29)/t19-/m1/s1. The van der Waals surface area contributed by atoms with E-state index in [0.717, 1.165) is 26.7 Å². The predicted octanol–water partition coefficient (Wildman–Crippen LogP) is 5.25. The number of thiophene rings is 1. The minimum Gasteiger partial charge on any atom is -0.337 e. The van der Waals surface area contributed by atoms with Crippen molar-refractivity contribution in [1.29, 1.82) is 0 Å². The topological polar surface area (TPSA) is 103 Å². The number of thiazole rings is 1. The summed E-state index contributed by atoms with van der Waals surface area (Å²) in [6, 6.07) is 20.9. The number of carbonyl (C=O) groups is 1. The van der Waals surface area contributed by atoms with Crippen LogP contribution in [-0.2, 0) is 24.2 Å². The molecular weight excluding hydrogens is 488 g/mol. The third-order valence-electron chi connectivity index (χ3n) is 5.12. The summed E-state index contributed by atoms with van der Waals surface area (Å²) in [5, 5.41) is 10.9. The molecule has 176 valence electrons. The quantitative estimate of drug-likeness (QED) is 0.218. The molecule has 0 saturated heterocycles. The summed E-state index contributed by atoms with van der Waals surface area (Å²) in [5.74, 6) is -0.0294. The lowest BCUT2D eigenvalue weighted by atomic mass is 9.96. The maximum Gasteiger partial charge on any atom is 0.315 e. The predicted molar refractivity (Wildman–Crippen MR) is 139 cm³/mol. The van der Waals surface area contributed by atoms with Crippen LogP contribution >= 0.6 is 22.7 Å². The summed E-state index contributed by atoms with van der Waals surface area (Å²) in [5.41, 5.74) is 3.56. The first kappa shape index (κ1) is 24.1. The number of urea groups is 1. The van der Waals surface area contributed by atoms with E-state index in [0.29, 0.717) is 25.2 Å². The molecule has 0 bridgehead atoms. The molecule has 10 heteroatoms. The van der Waals surface area contributed by atoms with E-state index in [2.05, 4.69) is 15.4 Å². The highest BCUT2D eigenvalue weighted by Gasteiger charge is 2.18. The van der Waals surface area contributed by atoms with Crippen LogP contribution in [0, 0.1) is 0 Å². The van der Waals surface area contributed by atoms with Gasteiger partial charge >= 0.3 is 6.03 Å². The first-order valence-electron chi connectivity index (χ1n) is 10.6. The van der Waals surface area contributed by atoms with Gasteiger partial charge in [0.2, 0.25) is 0 Å². The van der Waals surface area contributed by atoms with Gasteiger partial charge in [0.05, 0.1) is 10.6 Å². The highest BCUT2D eigenvalue weighted by atomic mass is 32.2. The molecule has 0 radical (unpaired) electrons. The molecule has 0 saturated carbocycles. The summed E-state index contributed by atoms with van der Waals surface area (Å²) in [7, 11) is 0. The number of nitrogens with zero attached hydrogens (tertiary/aromatic N) is 1. The Kier molecular flexibility index (Phi) is 8.42. The molecular formula is C24H24N4O3S3. The van der Waals surface area contributed by atoms with E-state index in [1.165, 1.54) is 0 Å². The summed E-state index contributed by atoms with van der Waals surface area (Å²) in [6.07, 6.45) is 0.662. The van der Waals surface area contributed by atoms with Crippen LogP contribution < -0.4 is 15.4 Å². The van der Waals surface area contributed by atoms with Gasteiger partial charge < -0.3 is 10.6 Å². The lowest BCUT2D eigenvalue weighted by Crippen LogP contribution is -2.37. The van der Waals surface area contributed by atoms with Crippen molar-refractivity contribution in [3.63, 3.8) is 0 Å². The molecule has 2 aromatic heterocycles. The summed E-state index contributed by atoms with van der Waals surface area (Å²) >= 11 is 1.13. The fraction of sp³-hybridized carbons (Fsp3) is 0.167. The maximum atomic E-state index is 12.4. The molecule has 2 aromatic carbocycles. The fourth-order valence-corrected chi connectivity index (χ4v) is 5.47. The number of carbonyl (C=O) groups excluding carboxylic acids is 1. The lowest BCUT2D eigenvalue weighted by Gasteiger charge is -2.17. The van der Waals surface area contributed by atoms with Gasteiger partial charge in [-0.05, 0) is 41.1 Å². The molecule has 2 amide bonds. The van der Waals surface area contributed by atoms with E-state index in [-0.39, 0.29) is 11.9 Å². The van der Waals surface area contributed by atoms with Gasteiger partial charge in [0, 0.05) is 30.1 Å². The van der Waals surface area contributed by atoms with Crippen molar-refractivity contribution in [2.24, 2.45) is 0 Å². The Morgan fingerprint density at radius 1 is 0.971 bits per heavy atom. The summed E-state index contributed by atoms with van der Waals surface area (Å²) < 4.78 is 22.4. The molecule has 7 nitrogen and oxygen atoms in total. The average Bonchev–Trinajstić information content (AvgIpc) is 3.54. The third kappa shape index (κ3) is 6.97. The minimum atomic E-state index is -2.11. The maximum absolute atomic E-state index is 12.4. The summed E-state index contributed by atoms with van der Waals surface area (Å²) in [6.45, 7) is 0.881. The van der Waals surface area contributed by atoms with Crippen molar-refractivity contribution in [2.45, 2.75) is 18.9 Å². The Bertz CT molecular complexity index is 1210. The van der Waals surface area contributed by atoms with Crippen LogP contribution in [0.25, 0.3) is 9.88 Å².